The number of nitrogens with one attached hydrogen (secondary N) is 1. The maximum absolute atomic E-state index is 3.47. The van der Waals surface area contributed by atoms with Gasteiger partial charge in [0.1, 0.15) is 0 Å². The molecule has 0 aromatic heterocycles. The Labute approximate surface area is 145 Å². The van der Waals surface area contributed by atoms with Crippen molar-refractivity contribution in [1.29, 1.82) is 0 Å². The molecular weight excluding hydrogens is 290 g/mol. The summed E-state index contributed by atoms with van der Waals surface area (Å²) in [7, 11) is 0. The van der Waals surface area contributed by atoms with Crippen LogP contribution in [0.2, 0.25) is 0 Å². The molecule has 0 aliphatic carbocycles. The Morgan fingerprint density at radius 1 is 0.542 bits per heavy atom. The summed E-state index contributed by atoms with van der Waals surface area (Å²) in [5.74, 6) is 0. The molecule has 1 nitrogen and oxygen atoms in total. The van der Waals surface area contributed by atoms with E-state index in [1.807, 2.05) is 0 Å². The van der Waals surface area contributed by atoms with Gasteiger partial charge in [-0.15, -0.1) is 0 Å². The molecule has 0 atom stereocenters. The Balaban J connectivity index is 1.51. The second-order valence-electron chi connectivity index (χ2n) is 6.52. The van der Waals surface area contributed by atoms with Crippen molar-refractivity contribution in [1.82, 2.24) is 0 Å². The third-order valence-electron chi connectivity index (χ3n) is 4.39. The number of aryl methyl sites for hydroxylation is 4. The largest absolute Gasteiger partial charge is 0.381 e. The van der Waals surface area contributed by atoms with Gasteiger partial charge in [0.25, 0.3) is 0 Å². The van der Waals surface area contributed by atoms with Crippen molar-refractivity contribution in [3.05, 3.63) is 101 Å². The lowest BCUT2D eigenvalue weighted by atomic mass is 10.0. The van der Waals surface area contributed by atoms with E-state index >= 15 is 0 Å². The average Bonchev–Trinajstić information content (AvgIpc) is 2.62. The Morgan fingerprint density at radius 3 is 1.50 bits per heavy atom. The Morgan fingerprint density at radius 2 is 0.958 bits per heavy atom. The van der Waals surface area contributed by atoms with E-state index in [4.69, 9.17) is 0 Å². The molecule has 0 aliphatic heterocycles. The highest BCUT2D eigenvalue weighted by molar-refractivity contribution is 5.45. The summed E-state index contributed by atoms with van der Waals surface area (Å²) in [5, 5.41) is 3.47. The van der Waals surface area contributed by atoms with Crippen molar-refractivity contribution < 1.29 is 0 Å². The zero-order chi connectivity index (χ0) is 16.8. The second-order valence-corrected chi connectivity index (χ2v) is 6.52. The fourth-order valence-electron chi connectivity index (χ4n) is 2.74. The molecule has 0 aliphatic rings. The first-order valence-corrected chi connectivity index (χ1v) is 8.63. The van der Waals surface area contributed by atoms with Crippen molar-refractivity contribution >= 4 is 5.69 Å². The van der Waals surface area contributed by atoms with Crippen LogP contribution in [-0.4, -0.2) is 0 Å². The van der Waals surface area contributed by atoms with Gasteiger partial charge in [-0.25, -0.2) is 0 Å². The molecule has 0 unspecified atom stereocenters. The summed E-state index contributed by atoms with van der Waals surface area (Å²) in [6, 6.07) is 26.3. The molecule has 1 N–H and O–H groups in total. The number of benzene rings is 3. The van der Waals surface area contributed by atoms with Gasteiger partial charge in [0.05, 0.1) is 0 Å². The minimum Gasteiger partial charge on any atom is -0.381 e. The molecule has 0 radical (unpaired) electrons. The topological polar surface area (TPSA) is 12.0 Å². The van der Waals surface area contributed by atoms with Gasteiger partial charge in [-0.3, -0.25) is 0 Å². The van der Waals surface area contributed by atoms with E-state index in [1.54, 1.807) is 0 Å². The van der Waals surface area contributed by atoms with Gasteiger partial charge in [0.15, 0.2) is 0 Å². The zero-order valence-electron chi connectivity index (χ0n) is 14.5. The standard InChI is InChI=1S/C23H25N/c1-18-3-7-20(8-4-18)9-10-21-11-13-22(14-12-21)17-24-23-15-5-19(2)6-16-23/h3-8,11-16,24H,9-10,17H2,1-2H3. The summed E-state index contributed by atoms with van der Waals surface area (Å²) < 4.78 is 0. The fourth-order valence-corrected chi connectivity index (χ4v) is 2.74. The van der Waals surface area contributed by atoms with Crippen molar-refractivity contribution in [2.45, 2.75) is 33.2 Å². The van der Waals surface area contributed by atoms with Crippen molar-refractivity contribution in [3.8, 4) is 0 Å². The van der Waals surface area contributed by atoms with E-state index in [2.05, 4.69) is 92.0 Å². The highest BCUT2D eigenvalue weighted by atomic mass is 14.9. The van der Waals surface area contributed by atoms with E-state index in [0.717, 1.165) is 19.4 Å². The first-order chi connectivity index (χ1) is 11.7. The van der Waals surface area contributed by atoms with Crippen molar-refractivity contribution in [2.75, 3.05) is 5.32 Å². The van der Waals surface area contributed by atoms with Crippen LogP contribution in [0.3, 0.4) is 0 Å². The number of hydrogen-bond acceptors (Lipinski definition) is 1. The molecule has 3 rings (SSSR count). The molecule has 3 aromatic rings. The Hall–Kier alpha value is -2.54. The molecule has 0 saturated carbocycles. The second kappa shape index (κ2) is 7.83. The number of anilines is 1. The monoisotopic (exact) mass is 315 g/mol. The van der Waals surface area contributed by atoms with Crippen LogP contribution in [0.25, 0.3) is 0 Å². The molecule has 3 aromatic carbocycles. The molecular formula is C23H25N. The molecule has 0 amide bonds. The van der Waals surface area contributed by atoms with E-state index in [0.29, 0.717) is 0 Å². The summed E-state index contributed by atoms with van der Waals surface area (Å²) in [6.07, 6.45) is 2.19. The molecule has 0 bridgehead atoms. The lowest BCUT2D eigenvalue weighted by Gasteiger charge is -2.08. The maximum Gasteiger partial charge on any atom is 0.0400 e. The zero-order valence-corrected chi connectivity index (χ0v) is 14.5. The summed E-state index contributed by atoms with van der Waals surface area (Å²) >= 11 is 0. The molecule has 1 heteroatoms. The number of hydrogen-bond donors (Lipinski definition) is 1. The van der Waals surface area contributed by atoms with Crippen LogP contribution in [0.1, 0.15) is 27.8 Å². The van der Waals surface area contributed by atoms with Crippen LogP contribution in [0.4, 0.5) is 5.69 Å². The van der Waals surface area contributed by atoms with Crippen molar-refractivity contribution in [3.63, 3.8) is 0 Å². The Kier molecular flexibility index (Phi) is 5.32. The van der Waals surface area contributed by atoms with Gasteiger partial charge in [-0.2, -0.15) is 0 Å². The molecule has 0 fully saturated rings. The summed E-state index contributed by atoms with van der Waals surface area (Å²) in [6.45, 7) is 5.10. The Bertz CT molecular complexity index is 684. The predicted molar refractivity (Wildman–Crippen MR) is 104 cm³/mol. The van der Waals surface area contributed by atoms with E-state index in [9.17, 15) is 0 Å². The number of rotatable bonds is 6. The van der Waals surface area contributed by atoms with Gasteiger partial charge in [0.2, 0.25) is 0 Å². The van der Waals surface area contributed by atoms with Crippen LogP contribution in [0, 0.1) is 13.8 Å². The molecule has 0 spiro atoms. The summed E-state index contributed by atoms with van der Waals surface area (Å²) in [4.78, 5) is 0. The smallest absolute Gasteiger partial charge is 0.0400 e. The van der Waals surface area contributed by atoms with Gasteiger partial charge in [0, 0.05) is 12.2 Å². The van der Waals surface area contributed by atoms with E-state index < -0.39 is 0 Å². The molecule has 122 valence electrons. The lowest BCUT2D eigenvalue weighted by molar-refractivity contribution is 0.956. The van der Waals surface area contributed by atoms with Gasteiger partial charge < -0.3 is 5.32 Å². The van der Waals surface area contributed by atoms with Gasteiger partial charge in [-0.05, 0) is 55.5 Å². The van der Waals surface area contributed by atoms with Crippen LogP contribution in [-0.2, 0) is 19.4 Å². The minimum atomic E-state index is 0.862. The third-order valence-corrected chi connectivity index (χ3v) is 4.39. The van der Waals surface area contributed by atoms with Gasteiger partial charge in [-0.1, -0.05) is 71.8 Å². The van der Waals surface area contributed by atoms with Crippen LogP contribution < -0.4 is 5.32 Å². The minimum absolute atomic E-state index is 0.862. The molecule has 0 saturated heterocycles. The first-order valence-electron chi connectivity index (χ1n) is 8.63. The third kappa shape index (κ3) is 4.73. The normalized spacial score (nSPS) is 10.6. The predicted octanol–water partition coefficient (Wildman–Crippen LogP) is 5.70. The quantitative estimate of drug-likeness (QED) is 0.615. The highest BCUT2D eigenvalue weighted by Crippen LogP contribution is 2.13. The highest BCUT2D eigenvalue weighted by Gasteiger charge is 1.98. The summed E-state index contributed by atoms with van der Waals surface area (Å²) in [5.41, 5.74) is 7.90. The van der Waals surface area contributed by atoms with Gasteiger partial charge >= 0.3 is 0 Å². The maximum atomic E-state index is 3.47. The van der Waals surface area contributed by atoms with Crippen LogP contribution in [0.5, 0.6) is 0 Å². The van der Waals surface area contributed by atoms with Crippen LogP contribution in [0.15, 0.2) is 72.8 Å². The van der Waals surface area contributed by atoms with E-state index in [-0.39, 0.29) is 0 Å². The SMILES string of the molecule is Cc1ccc(CCc2ccc(CNc3ccc(C)cc3)cc2)cc1. The van der Waals surface area contributed by atoms with Crippen molar-refractivity contribution in [2.24, 2.45) is 0 Å². The first kappa shape index (κ1) is 16.3. The van der Waals surface area contributed by atoms with Crippen LogP contribution >= 0.6 is 0 Å². The molecule has 24 heavy (non-hydrogen) atoms. The lowest BCUT2D eigenvalue weighted by Crippen LogP contribution is -1.99. The molecule has 0 heterocycles. The average molecular weight is 315 g/mol. The van der Waals surface area contributed by atoms with E-state index in [1.165, 1.54) is 33.5 Å². The fraction of sp³-hybridized carbons (Fsp3) is 0.217.